The molecule has 0 aliphatic carbocycles. The Kier molecular flexibility index (Phi) is 4.08. The lowest BCUT2D eigenvalue weighted by molar-refractivity contribution is -0.135. The van der Waals surface area contributed by atoms with Gasteiger partial charge in [-0.15, -0.1) is 0 Å². The number of anilines is 2. The van der Waals surface area contributed by atoms with Crippen LogP contribution in [0.2, 0.25) is 10.0 Å². The minimum atomic E-state index is -1.47. The molecule has 4 aliphatic heterocycles. The second kappa shape index (κ2) is 6.50. The average Bonchev–Trinajstić information content (AvgIpc) is 3.40. The summed E-state index contributed by atoms with van der Waals surface area (Å²) in [7, 11) is 0. The lowest BCUT2D eigenvalue weighted by Crippen LogP contribution is -2.54. The fourth-order valence-corrected chi connectivity index (χ4v) is 6.69. The molecule has 4 aliphatic rings. The molecule has 4 unspecified atom stereocenters. The van der Waals surface area contributed by atoms with E-state index in [4.69, 9.17) is 23.2 Å². The zero-order valence-electron chi connectivity index (χ0n) is 16.4. The van der Waals surface area contributed by atoms with Crippen LogP contribution in [0, 0.1) is 23.5 Å². The number of halogens is 4. The van der Waals surface area contributed by atoms with Crippen LogP contribution in [0.3, 0.4) is 0 Å². The molecule has 0 bridgehead atoms. The maximum atomic E-state index is 13.9. The maximum absolute atomic E-state index is 13.9. The molecule has 6 rings (SSSR count). The number of hydrogen-bond donors (Lipinski definition) is 1. The van der Waals surface area contributed by atoms with Crippen molar-refractivity contribution in [1.29, 1.82) is 0 Å². The van der Waals surface area contributed by atoms with E-state index in [1.165, 1.54) is 6.07 Å². The van der Waals surface area contributed by atoms with Crippen molar-refractivity contribution in [3.8, 4) is 0 Å². The second-order valence-corrected chi connectivity index (χ2v) is 9.42. The van der Waals surface area contributed by atoms with Gasteiger partial charge in [0.25, 0.3) is 5.91 Å². The normalized spacial score (nSPS) is 30.8. The molecule has 3 saturated heterocycles. The van der Waals surface area contributed by atoms with E-state index in [0.717, 1.165) is 23.5 Å². The van der Waals surface area contributed by atoms with E-state index in [-0.39, 0.29) is 16.8 Å². The number of carbonyl (C=O) groups excluding carboxylic acids is 3. The summed E-state index contributed by atoms with van der Waals surface area (Å²) < 4.78 is 27.8. The molecule has 1 spiro atoms. The number of benzene rings is 2. The first-order chi connectivity index (χ1) is 15.2. The molecule has 164 valence electrons. The third-order valence-electron chi connectivity index (χ3n) is 7.12. The van der Waals surface area contributed by atoms with E-state index < -0.39 is 46.7 Å². The van der Waals surface area contributed by atoms with Gasteiger partial charge >= 0.3 is 0 Å². The van der Waals surface area contributed by atoms with Gasteiger partial charge in [-0.2, -0.15) is 0 Å². The topological polar surface area (TPSA) is 69.7 Å². The zero-order chi connectivity index (χ0) is 22.5. The standard InChI is InChI=1S/C22H15Cl2F2N3O3/c23-9-4-13-18(14(24)5-9)27-21(32)22(13)17-16(15-2-1-3-28(15)22)19(30)29(20(17)31)12-7-10(25)6-11(26)8-12/h4-8,15-17H,1-3H2,(H,27,32). The monoisotopic (exact) mass is 477 g/mol. The van der Waals surface area contributed by atoms with Crippen LogP contribution in [0.1, 0.15) is 18.4 Å². The Balaban J connectivity index is 1.58. The van der Waals surface area contributed by atoms with Crippen LogP contribution < -0.4 is 10.2 Å². The van der Waals surface area contributed by atoms with Crippen LogP contribution >= 0.6 is 23.2 Å². The number of amides is 3. The molecule has 10 heteroatoms. The van der Waals surface area contributed by atoms with Gasteiger partial charge in [0.15, 0.2) is 0 Å². The van der Waals surface area contributed by atoms with E-state index in [0.29, 0.717) is 35.3 Å². The first-order valence-corrected chi connectivity index (χ1v) is 10.9. The Morgan fingerprint density at radius 2 is 1.72 bits per heavy atom. The first-order valence-electron chi connectivity index (χ1n) is 10.2. The highest BCUT2D eigenvalue weighted by molar-refractivity contribution is 6.38. The van der Waals surface area contributed by atoms with Crippen molar-refractivity contribution in [2.75, 3.05) is 16.8 Å². The molecular weight excluding hydrogens is 463 g/mol. The quantitative estimate of drug-likeness (QED) is 0.635. The van der Waals surface area contributed by atoms with Crippen LogP contribution in [-0.2, 0) is 19.9 Å². The number of carbonyl (C=O) groups is 3. The van der Waals surface area contributed by atoms with Gasteiger partial charge in [-0.1, -0.05) is 23.2 Å². The van der Waals surface area contributed by atoms with Crippen LogP contribution in [0.5, 0.6) is 0 Å². The van der Waals surface area contributed by atoms with Crippen molar-refractivity contribution in [1.82, 2.24) is 4.90 Å². The molecule has 6 nitrogen and oxygen atoms in total. The van der Waals surface area contributed by atoms with E-state index in [2.05, 4.69) is 5.32 Å². The number of fused-ring (bicyclic) bond motifs is 7. The molecule has 4 atom stereocenters. The van der Waals surface area contributed by atoms with Crippen LogP contribution in [0.4, 0.5) is 20.2 Å². The van der Waals surface area contributed by atoms with Gasteiger partial charge in [0, 0.05) is 22.7 Å². The highest BCUT2D eigenvalue weighted by atomic mass is 35.5. The summed E-state index contributed by atoms with van der Waals surface area (Å²) in [5.41, 5.74) is -0.840. The second-order valence-electron chi connectivity index (χ2n) is 8.58. The highest BCUT2D eigenvalue weighted by Crippen LogP contribution is 2.61. The minimum Gasteiger partial charge on any atom is -0.323 e. The number of imide groups is 1. The predicted molar refractivity (Wildman–Crippen MR) is 112 cm³/mol. The highest BCUT2D eigenvalue weighted by Gasteiger charge is 2.74. The molecule has 2 aromatic rings. The van der Waals surface area contributed by atoms with Gasteiger partial charge in [0.2, 0.25) is 11.8 Å². The number of nitrogens with one attached hydrogen (secondary N) is 1. The number of rotatable bonds is 1. The fourth-order valence-electron chi connectivity index (χ4n) is 6.15. The molecule has 2 aromatic carbocycles. The van der Waals surface area contributed by atoms with Crippen molar-refractivity contribution >= 4 is 52.3 Å². The lowest BCUT2D eigenvalue weighted by atomic mass is 9.75. The van der Waals surface area contributed by atoms with E-state index in [9.17, 15) is 23.2 Å². The molecule has 3 amide bonds. The van der Waals surface area contributed by atoms with Crippen LogP contribution in [0.15, 0.2) is 30.3 Å². The van der Waals surface area contributed by atoms with Crippen molar-refractivity contribution in [2.45, 2.75) is 24.4 Å². The Morgan fingerprint density at radius 1 is 1.00 bits per heavy atom. The van der Waals surface area contributed by atoms with Crippen molar-refractivity contribution in [3.63, 3.8) is 0 Å². The van der Waals surface area contributed by atoms with Gasteiger partial charge in [-0.3, -0.25) is 19.3 Å². The fraction of sp³-hybridized carbons (Fsp3) is 0.318. The van der Waals surface area contributed by atoms with Crippen molar-refractivity contribution < 1.29 is 23.2 Å². The smallest absolute Gasteiger partial charge is 0.250 e. The summed E-state index contributed by atoms with van der Waals surface area (Å²) in [6, 6.07) is 5.28. The summed E-state index contributed by atoms with van der Waals surface area (Å²) in [6.07, 6.45) is 1.35. The molecular formula is C22H15Cl2F2N3O3. The molecule has 3 fully saturated rings. The van der Waals surface area contributed by atoms with E-state index in [1.807, 2.05) is 4.90 Å². The largest absolute Gasteiger partial charge is 0.323 e. The average molecular weight is 478 g/mol. The van der Waals surface area contributed by atoms with Gasteiger partial charge in [0.1, 0.15) is 17.2 Å². The number of nitrogens with zero attached hydrogens (tertiary/aromatic N) is 2. The summed E-state index contributed by atoms with van der Waals surface area (Å²) in [6.45, 7) is 0.518. The van der Waals surface area contributed by atoms with Crippen molar-refractivity contribution in [2.24, 2.45) is 11.8 Å². The third kappa shape index (κ3) is 2.30. The van der Waals surface area contributed by atoms with Crippen molar-refractivity contribution in [3.05, 3.63) is 57.6 Å². The summed E-state index contributed by atoms with van der Waals surface area (Å²) in [5.74, 6) is -5.39. The Hall–Kier alpha value is -2.55. The Labute approximate surface area is 191 Å². The number of hydrogen-bond acceptors (Lipinski definition) is 4. The molecule has 4 heterocycles. The molecule has 0 radical (unpaired) electrons. The Morgan fingerprint density at radius 3 is 2.44 bits per heavy atom. The Bertz CT molecular complexity index is 1230. The predicted octanol–water partition coefficient (Wildman–Crippen LogP) is 3.70. The lowest BCUT2D eigenvalue weighted by Gasteiger charge is -2.36. The third-order valence-corrected chi connectivity index (χ3v) is 7.64. The van der Waals surface area contributed by atoms with Gasteiger partial charge < -0.3 is 5.32 Å². The minimum absolute atomic E-state index is 0.186. The summed E-state index contributed by atoms with van der Waals surface area (Å²) >= 11 is 12.6. The summed E-state index contributed by atoms with van der Waals surface area (Å²) in [4.78, 5) is 43.5. The zero-order valence-corrected chi connectivity index (χ0v) is 17.9. The van der Waals surface area contributed by atoms with E-state index in [1.54, 1.807) is 6.07 Å². The summed E-state index contributed by atoms with van der Waals surface area (Å²) in [5, 5.41) is 3.32. The van der Waals surface area contributed by atoms with Crippen LogP contribution in [0.25, 0.3) is 0 Å². The molecule has 0 aromatic heterocycles. The maximum Gasteiger partial charge on any atom is 0.250 e. The molecule has 0 saturated carbocycles. The van der Waals surface area contributed by atoms with Gasteiger partial charge in [-0.05, 0) is 43.7 Å². The first kappa shape index (κ1) is 20.1. The SMILES string of the molecule is O=C1C2C3CCCN3C3(C(=O)Nc4c(Cl)cc(Cl)cc43)C2C(=O)N1c1cc(F)cc(F)c1. The van der Waals surface area contributed by atoms with E-state index >= 15 is 0 Å². The van der Waals surface area contributed by atoms with Crippen LogP contribution in [-0.4, -0.2) is 35.2 Å². The molecule has 32 heavy (non-hydrogen) atoms. The van der Waals surface area contributed by atoms with Gasteiger partial charge in [0.05, 0.1) is 28.2 Å². The molecule has 1 N–H and O–H groups in total. The van der Waals surface area contributed by atoms with Gasteiger partial charge in [-0.25, -0.2) is 13.7 Å².